The number of ketones is 1. The molecule has 0 fully saturated rings. The first-order valence-corrected chi connectivity index (χ1v) is 7.34. The molecule has 28 heavy (non-hydrogen) atoms. The number of H-pyrrole nitrogens is 3. The van der Waals surface area contributed by atoms with Gasteiger partial charge in [0, 0.05) is 19.9 Å². The molecule has 0 radical (unpaired) electrons. The number of hydrogen-bond donors (Lipinski definition) is 6. The van der Waals surface area contributed by atoms with Crippen LogP contribution in [0.3, 0.4) is 0 Å². The molecule has 9 N–H and O–H groups in total. The van der Waals surface area contributed by atoms with Gasteiger partial charge in [-0.15, -0.1) is 0 Å². The van der Waals surface area contributed by atoms with E-state index in [0.717, 1.165) is 0 Å². The van der Waals surface area contributed by atoms with Crippen molar-refractivity contribution >= 4 is 11.6 Å². The first-order chi connectivity index (χ1) is 13.0. The Kier molecular flexibility index (Phi) is 10.2. The molecule has 0 atom stereocenters. The molecule has 12 nitrogen and oxygen atoms in total. The van der Waals surface area contributed by atoms with Crippen LogP contribution in [-0.2, 0) is 0 Å². The maximum Gasteiger partial charge on any atom is 0.258 e. The standard InChI is InChI=1S/C8H8N4O.C8H6N2O2.H2N2.H2O.H2/c9-7-4-6(11-12-7)5-2-1-3-10-8(5)13;9-4-3-7(11)6-2-1-5-10-8(6)12;1-2;;/h1-4H,(H,10,13)(H3,9,11,12);1-2,5H,3H2,(H,10,12);1-2H;1H2;1H. The highest BCUT2D eigenvalue weighted by atomic mass is 16.1. The number of carbonyl (C=O) groups is 1. The van der Waals surface area contributed by atoms with E-state index in [0.29, 0.717) is 17.1 Å². The Labute approximate surface area is 159 Å². The van der Waals surface area contributed by atoms with E-state index in [4.69, 9.17) is 22.1 Å². The fourth-order valence-corrected chi connectivity index (χ4v) is 1.92. The molecular formula is C16H20N8O4. The average Bonchev–Trinajstić information content (AvgIpc) is 3.11. The number of aromatic nitrogens is 4. The van der Waals surface area contributed by atoms with Crippen LogP contribution < -0.4 is 16.9 Å². The topological polar surface area (TPSA) is 240 Å². The monoisotopic (exact) mass is 388 g/mol. The van der Waals surface area contributed by atoms with Gasteiger partial charge in [-0.1, -0.05) is 0 Å². The number of carbonyl (C=O) groups excluding carboxylic acids is 1. The molecule has 0 amide bonds. The van der Waals surface area contributed by atoms with E-state index in [1.165, 1.54) is 12.3 Å². The van der Waals surface area contributed by atoms with Crippen molar-refractivity contribution in [3.05, 3.63) is 69.0 Å². The summed E-state index contributed by atoms with van der Waals surface area (Å²) in [6.45, 7) is 0. The largest absolute Gasteiger partial charge is 0.412 e. The van der Waals surface area contributed by atoms with Crippen molar-refractivity contribution in [3.8, 4) is 17.3 Å². The van der Waals surface area contributed by atoms with E-state index in [1.807, 2.05) is 0 Å². The molecule has 3 rings (SSSR count). The van der Waals surface area contributed by atoms with Crippen LogP contribution in [0, 0.1) is 22.4 Å². The summed E-state index contributed by atoms with van der Waals surface area (Å²) in [4.78, 5) is 38.2. The highest BCUT2D eigenvalue weighted by Crippen LogP contribution is 2.12. The van der Waals surface area contributed by atoms with Gasteiger partial charge in [0.2, 0.25) is 0 Å². The molecule has 0 aliphatic carbocycles. The maximum absolute atomic E-state index is 11.3. The summed E-state index contributed by atoms with van der Waals surface area (Å²) in [5.41, 5.74) is 16.0. The Bertz CT molecular complexity index is 1050. The van der Waals surface area contributed by atoms with Crippen molar-refractivity contribution in [2.24, 2.45) is 0 Å². The van der Waals surface area contributed by atoms with Gasteiger partial charge < -0.3 is 21.2 Å². The third-order valence-corrected chi connectivity index (χ3v) is 3.06. The van der Waals surface area contributed by atoms with Crippen LogP contribution in [0.1, 0.15) is 18.2 Å². The number of nitrogens with one attached hydrogen (secondary N) is 5. The van der Waals surface area contributed by atoms with Gasteiger partial charge in [0.1, 0.15) is 5.82 Å². The molecule has 0 spiro atoms. The number of pyridine rings is 2. The summed E-state index contributed by atoms with van der Waals surface area (Å²) in [6, 6.07) is 9.70. The lowest BCUT2D eigenvalue weighted by Crippen LogP contribution is -2.15. The minimum atomic E-state index is -0.447. The maximum atomic E-state index is 11.3. The third kappa shape index (κ3) is 6.50. The Morgan fingerprint density at radius 2 is 1.79 bits per heavy atom. The predicted octanol–water partition coefficient (Wildman–Crippen LogP) is 0.836. The van der Waals surface area contributed by atoms with E-state index in [-0.39, 0.29) is 24.4 Å². The highest BCUT2D eigenvalue weighted by molar-refractivity contribution is 5.96. The molecule has 0 unspecified atom stereocenters. The van der Waals surface area contributed by atoms with Crippen LogP contribution in [0.25, 0.3) is 11.3 Å². The zero-order valence-electron chi connectivity index (χ0n) is 14.4. The van der Waals surface area contributed by atoms with Crippen molar-refractivity contribution < 1.29 is 11.7 Å². The number of anilines is 1. The molecule has 148 valence electrons. The summed E-state index contributed by atoms with van der Waals surface area (Å²) < 4.78 is 0. The highest BCUT2D eigenvalue weighted by Gasteiger charge is 2.07. The number of Topliss-reactive ketones (excluding diaryl/α,β-unsaturated/α-hetero) is 1. The van der Waals surface area contributed by atoms with Crippen molar-refractivity contribution in [1.82, 2.24) is 20.2 Å². The van der Waals surface area contributed by atoms with E-state index >= 15 is 0 Å². The Hall–Kier alpha value is -4.37. The van der Waals surface area contributed by atoms with Crippen LogP contribution in [0.2, 0.25) is 0 Å². The second-order valence-electron chi connectivity index (χ2n) is 4.79. The van der Waals surface area contributed by atoms with Gasteiger partial charge in [0.25, 0.3) is 11.1 Å². The van der Waals surface area contributed by atoms with Gasteiger partial charge in [0.05, 0.1) is 29.3 Å². The van der Waals surface area contributed by atoms with E-state index < -0.39 is 11.3 Å². The van der Waals surface area contributed by atoms with Crippen molar-refractivity contribution in [2.75, 3.05) is 5.73 Å². The summed E-state index contributed by atoms with van der Waals surface area (Å²) in [6.07, 6.45) is 2.75. The summed E-state index contributed by atoms with van der Waals surface area (Å²) in [5, 5.41) is 14.6. The summed E-state index contributed by atoms with van der Waals surface area (Å²) in [5.74, 6) is -0.0717. The summed E-state index contributed by atoms with van der Waals surface area (Å²) >= 11 is 0. The quantitative estimate of drug-likeness (QED) is 0.280. The van der Waals surface area contributed by atoms with Gasteiger partial charge in [0.15, 0.2) is 5.78 Å². The van der Waals surface area contributed by atoms with Gasteiger partial charge >= 0.3 is 0 Å². The van der Waals surface area contributed by atoms with Crippen LogP contribution in [-0.4, -0.2) is 31.4 Å². The number of hydrogen-bond acceptors (Lipinski definition) is 8. The Balaban J connectivity index is 0. The average molecular weight is 388 g/mol. The number of nitrogens with two attached hydrogens (primary N) is 1. The normalized spacial score (nSPS) is 8.68. The molecule has 0 aliphatic rings. The van der Waals surface area contributed by atoms with E-state index in [1.54, 1.807) is 36.5 Å². The minimum Gasteiger partial charge on any atom is -0.412 e. The van der Waals surface area contributed by atoms with Crippen molar-refractivity contribution in [2.45, 2.75) is 6.42 Å². The Morgan fingerprint density at radius 1 is 1.18 bits per heavy atom. The molecule has 0 saturated heterocycles. The minimum absolute atomic E-state index is 0. The van der Waals surface area contributed by atoms with Crippen LogP contribution in [0.15, 0.2) is 52.3 Å². The van der Waals surface area contributed by atoms with Gasteiger partial charge in [-0.3, -0.25) is 19.5 Å². The molecule has 0 aliphatic heterocycles. The van der Waals surface area contributed by atoms with E-state index in [9.17, 15) is 14.4 Å². The smallest absolute Gasteiger partial charge is 0.258 e. The number of rotatable bonds is 3. The molecule has 3 aromatic heterocycles. The lowest BCUT2D eigenvalue weighted by Gasteiger charge is -1.92. The van der Waals surface area contributed by atoms with Gasteiger partial charge in [-0.25, -0.2) is 11.1 Å². The van der Waals surface area contributed by atoms with Crippen LogP contribution >= 0.6 is 0 Å². The molecule has 3 heterocycles. The second-order valence-corrected chi connectivity index (χ2v) is 4.79. The zero-order chi connectivity index (χ0) is 20.2. The lowest BCUT2D eigenvalue weighted by atomic mass is 10.1. The fourth-order valence-electron chi connectivity index (χ4n) is 1.92. The molecule has 0 saturated carbocycles. The molecular weight excluding hydrogens is 368 g/mol. The molecule has 0 aromatic carbocycles. The van der Waals surface area contributed by atoms with Crippen LogP contribution in [0.5, 0.6) is 0 Å². The number of aromatic amines is 3. The molecule has 3 aromatic rings. The first kappa shape index (κ1) is 23.6. The zero-order valence-corrected chi connectivity index (χ0v) is 14.4. The lowest BCUT2D eigenvalue weighted by molar-refractivity contribution is 0.0996. The Morgan fingerprint density at radius 3 is 2.29 bits per heavy atom. The first-order valence-electron chi connectivity index (χ1n) is 7.34. The summed E-state index contributed by atoms with van der Waals surface area (Å²) in [7, 11) is 0. The van der Waals surface area contributed by atoms with Crippen molar-refractivity contribution in [1.29, 1.82) is 16.3 Å². The van der Waals surface area contributed by atoms with Crippen LogP contribution in [0.4, 0.5) is 5.82 Å². The number of nitrogen functional groups attached to an aromatic ring is 1. The van der Waals surface area contributed by atoms with E-state index in [2.05, 4.69) is 20.2 Å². The number of nitrogens with zero attached hydrogens (tertiary/aromatic N) is 2. The predicted molar refractivity (Wildman–Crippen MR) is 102 cm³/mol. The third-order valence-electron chi connectivity index (χ3n) is 3.06. The molecule has 0 bridgehead atoms. The van der Waals surface area contributed by atoms with Crippen molar-refractivity contribution in [3.63, 3.8) is 0 Å². The SMILES string of the molecule is N#CCC(=O)c1ccc[nH]c1=O.N=N.Nc1cc(-c2ccc[nH]c2=O)[nH]n1.O.[HH]. The fraction of sp³-hybridized carbons (Fsp3) is 0.0625. The van der Waals surface area contributed by atoms with Gasteiger partial charge in [-0.2, -0.15) is 10.4 Å². The number of nitriles is 1. The molecule has 12 heteroatoms. The second kappa shape index (κ2) is 12.1. The van der Waals surface area contributed by atoms with Gasteiger partial charge in [-0.05, 0) is 24.3 Å².